The number of nitrogens with zero attached hydrogens (tertiary/aromatic N) is 2. The first kappa shape index (κ1) is 12.8. The number of fused-ring (bicyclic) bond motifs is 1. The lowest BCUT2D eigenvalue weighted by molar-refractivity contribution is -0.138. The average Bonchev–Trinajstić information content (AvgIpc) is 2.81. The van der Waals surface area contributed by atoms with E-state index in [0.717, 1.165) is 11.3 Å². The summed E-state index contributed by atoms with van der Waals surface area (Å²) in [6.45, 7) is 1.06. The van der Waals surface area contributed by atoms with Gasteiger partial charge in [0.1, 0.15) is 17.3 Å². The number of hydrogen-bond acceptors (Lipinski definition) is 4. The van der Waals surface area contributed by atoms with Gasteiger partial charge in [-0.1, -0.05) is 17.3 Å². The lowest BCUT2D eigenvalue weighted by Gasteiger charge is -2.24. The van der Waals surface area contributed by atoms with E-state index in [4.69, 9.17) is 9.63 Å². The van der Waals surface area contributed by atoms with E-state index in [1.807, 2.05) is 4.90 Å². The van der Waals surface area contributed by atoms with Gasteiger partial charge < -0.3 is 9.63 Å². The second kappa shape index (κ2) is 5.05. The molecular formula is C14H13FN2O3. The molecule has 0 saturated heterocycles. The number of rotatable bonds is 3. The van der Waals surface area contributed by atoms with Gasteiger partial charge in [0, 0.05) is 30.6 Å². The molecule has 0 aliphatic carbocycles. The number of aliphatic carboxylic acids is 1. The molecule has 2 aromatic rings. The Morgan fingerprint density at radius 3 is 3.10 bits per heavy atom. The third-order valence-electron chi connectivity index (χ3n) is 3.36. The molecule has 1 N–H and O–H groups in total. The van der Waals surface area contributed by atoms with Crippen molar-refractivity contribution in [3.63, 3.8) is 0 Å². The number of carbonyl (C=O) groups is 1. The van der Waals surface area contributed by atoms with E-state index in [2.05, 4.69) is 5.16 Å². The molecule has 5 nitrogen and oxygen atoms in total. The first-order valence-corrected chi connectivity index (χ1v) is 6.31. The molecule has 0 bridgehead atoms. The van der Waals surface area contributed by atoms with Crippen molar-refractivity contribution in [2.75, 3.05) is 13.1 Å². The van der Waals surface area contributed by atoms with E-state index < -0.39 is 5.97 Å². The van der Waals surface area contributed by atoms with Crippen LogP contribution in [0.15, 0.2) is 28.8 Å². The van der Waals surface area contributed by atoms with Crippen LogP contribution in [-0.4, -0.2) is 34.2 Å². The quantitative estimate of drug-likeness (QED) is 0.927. The van der Waals surface area contributed by atoms with Crippen molar-refractivity contribution in [2.24, 2.45) is 0 Å². The summed E-state index contributed by atoms with van der Waals surface area (Å²) >= 11 is 0. The second-order valence-electron chi connectivity index (χ2n) is 4.80. The van der Waals surface area contributed by atoms with E-state index >= 15 is 0 Å². The Balaban J connectivity index is 1.93. The third kappa shape index (κ3) is 2.42. The molecular weight excluding hydrogens is 263 g/mol. The Bertz CT molecular complexity index is 654. The third-order valence-corrected chi connectivity index (χ3v) is 3.36. The zero-order valence-corrected chi connectivity index (χ0v) is 10.7. The van der Waals surface area contributed by atoms with Gasteiger partial charge in [0.25, 0.3) is 0 Å². The van der Waals surface area contributed by atoms with Gasteiger partial charge in [-0.05, 0) is 12.1 Å². The Hall–Kier alpha value is -2.21. The molecule has 6 heteroatoms. The monoisotopic (exact) mass is 276 g/mol. The fraction of sp³-hybridized carbons (Fsp3) is 0.286. The van der Waals surface area contributed by atoms with E-state index in [9.17, 15) is 9.18 Å². The van der Waals surface area contributed by atoms with Crippen LogP contribution in [0.25, 0.3) is 11.3 Å². The summed E-state index contributed by atoms with van der Waals surface area (Å²) in [5, 5.41) is 12.9. The summed E-state index contributed by atoms with van der Waals surface area (Å²) in [4.78, 5) is 12.6. The Morgan fingerprint density at radius 1 is 1.50 bits per heavy atom. The van der Waals surface area contributed by atoms with Gasteiger partial charge in [0.05, 0.1) is 6.54 Å². The molecule has 1 aliphatic heterocycles. The number of carboxylic acid groups (broad SMARTS) is 1. The zero-order valence-electron chi connectivity index (χ0n) is 10.7. The van der Waals surface area contributed by atoms with Gasteiger partial charge in [0.15, 0.2) is 0 Å². The van der Waals surface area contributed by atoms with Crippen LogP contribution < -0.4 is 0 Å². The zero-order chi connectivity index (χ0) is 14.1. The fourth-order valence-corrected chi connectivity index (χ4v) is 2.45. The van der Waals surface area contributed by atoms with Crippen LogP contribution in [0.2, 0.25) is 0 Å². The number of aromatic nitrogens is 1. The minimum Gasteiger partial charge on any atom is -0.480 e. The lowest BCUT2D eigenvalue weighted by atomic mass is 10.0. The summed E-state index contributed by atoms with van der Waals surface area (Å²) in [6, 6.07) is 6.14. The summed E-state index contributed by atoms with van der Waals surface area (Å²) < 4.78 is 18.6. The van der Waals surface area contributed by atoms with Crippen LogP contribution in [0.1, 0.15) is 11.3 Å². The maximum atomic E-state index is 13.3. The molecule has 0 amide bonds. The van der Waals surface area contributed by atoms with Crippen molar-refractivity contribution < 1.29 is 18.8 Å². The Kier molecular flexibility index (Phi) is 3.23. The van der Waals surface area contributed by atoms with E-state index in [-0.39, 0.29) is 12.4 Å². The van der Waals surface area contributed by atoms with E-state index in [0.29, 0.717) is 30.8 Å². The van der Waals surface area contributed by atoms with E-state index in [1.165, 1.54) is 12.1 Å². The van der Waals surface area contributed by atoms with Crippen LogP contribution in [0.5, 0.6) is 0 Å². The van der Waals surface area contributed by atoms with Gasteiger partial charge >= 0.3 is 5.97 Å². The van der Waals surface area contributed by atoms with Gasteiger partial charge in [-0.25, -0.2) is 4.39 Å². The minimum absolute atomic E-state index is 0.0206. The Morgan fingerprint density at radius 2 is 2.35 bits per heavy atom. The molecule has 104 valence electrons. The van der Waals surface area contributed by atoms with Crippen LogP contribution in [0, 0.1) is 5.82 Å². The largest absolute Gasteiger partial charge is 0.480 e. The highest BCUT2D eigenvalue weighted by Crippen LogP contribution is 2.30. The van der Waals surface area contributed by atoms with Crippen molar-refractivity contribution >= 4 is 5.97 Å². The molecule has 0 unspecified atom stereocenters. The van der Waals surface area contributed by atoms with Gasteiger partial charge in [-0.2, -0.15) is 0 Å². The molecule has 0 radical (unpaired) electrons. The molecule has 0 spiro atoms. The fourth-order valence-electron chi connectivity index (χ4n) is 2.45. The summed E-state index contributed by atoms with van der Waals surface area (Å²) in [7, 11) is 0. The highest BCUT2D eigenvalue weighted by Gasteiger charge is 2.25. The normalized spacial score (nSPS) is 15.1. The van der Waals surface area contributed by atoms with Gasteiger partial charge in [0.2, 0.25) is 0 Å². The standard InChI is InChI=1S/C14H13FN2O3/c15-10-3-1-2-9(6-10)14-11-7-17(8-13(18)19)5-4-12(11)20-16-14/h1-3,6H,4-5,7-8H2,(H,18,19). The van der Waals surface area contributed by atoms with Gasteiger partial charge in [-0.3, -0.25) is 9.69 Å². The molecule has 0 atom stereocenters. The molecule has 1 aliphatic rings. The number of carboxylic acids is 1. The maximum absolute atomic E-state index is 13.3. The lowest BCUT2D eigenvalue weighted by Crippen LogP contribution is -2.34. The molecule has 0 saturated carbocycles. The minimum atomic E-state index is -0.864. The second-order valence-corrected chi connectivity index (χ2v) is 4.80. The number of halogens is 1. The number of hydrogen-bond donors (Lipinski definition) is 1. The molecule has 1 aromatic heterocycles. The van der Waals surface area contributed by atoms with Crippen molar-refractivity contribution in [1.29, 1.82) is 0 Å². The van der Waals surface area contributed by atoms with Gasteiger partial charge in [-0.15, -0.1) is 0 Å². The average molecular weight is 276 g/mol. The van der Waals surface area contributed by atoms with Crippen molar-refractivity contribution in [3.8, 4) is 11.3 Å². The molecule has 1 aromatic carbocycles. The summed E-state index contributed by atoms with van der Waals surface area (Å²) in [5.41, 5.74) is 2.09. The van der Waals surface area contributed by atoms with Crippen molar-refractivity contribution in [2.45, 2.75) is 13.0 Å². The van der Waals surface area contributed by atoms with Crippen LogP contribution in [0.3, 0.4) is 0 Å². The topological polar surface area (TPSA) is 66.6 Å². The smallest absolute Gasteiger partial charge is 0.317 e. The SMILES string of the molecule is O=C(O)CN1CCc2onc(-c3cccc(F)c3)c2C1. The predicted molar refractivity (Wildman–Crippen MR) is 68.5 cm³/mol. The molecule has 3 rings (SSSR count). The summed E-state index contributed by atoms with van der Waals surface area (Å²) in [6.07, 6.45) is 0.616. The van der Waals surface area contributed by atoms with Crippen LogP contribution >= 0.6 is 0 Å². The molecule has 2 heterocycles. The summed E-state index contributed by atoms with van der Waals surface area (Å²) in [5.74, 6) is -0.444. The molecule has 20 heavy (non-hydrogen) atoms. The predicted octanol–water partition coefficient (Wildman–Crippen LogP) is 1.92. The van der Waals surface area contributed by atoms with E-state index in [1.54, 1.807) is 12.1 Å². The first-order chi connectivity index (χ1) is 9.63. The Labute approximate surface area is 114 Å². The number of benzene rings is 1. The van der Waals surface area contributed by atoms with Crippen LogP contribution in [-0.2, 0) is 17.8 Å². The first-order valence-electron chi connectivity index (χ1n) is 6.31. The highest BCUT2D eigenvalue weighted by molar-refractivity contribution is 5.69. The van der Waals surface area contributed by atoms with Crippen LogP contribution in [0.4, 0.5) is 4.39 Å². The van der Waals surface area contributed by atoms with Crippen molar-refractivity contribution in [1.82, 2.24) is 10.1 Å². The van der Waals surface area contributed by atoms with Crippen molar-refractivity contribution in [3.05, 3.63) is 41.4 Å². The maximum Gasteiger partial charge on any atom is 0.317 e. The highest BCUT2D eigenvalue weighted by atomic mass is 19.1. The molecule has 0 fully saturated rings.